The van der Waals surface area contributed by atoms with Gasteiger partial charge < -0.3 is 0 Å². The van der Waals surface area contributed by atoms with Crippen LogP contribution in [0.4, 0.5) is 11.4 Å². The van der Waals surface area contributed by atoms with Crippen LogP contribution in [0.15, 0.2) is 17.1 Å². The Morgan fingerprint density at radius 2 is 2.31 bits per heavy atom. The van der Waals surface area contributed by atoms with Gasteiger partial charge in [0.05, 0.1) is 17.3 Å². The molecule has 0 fully saturated rings. The van der Waals surface area contributed by atoms with Gasteiger partial charge in [0.1, 0.15) is 0 Å². The van der Waals surface area contributed by atoms with Crippen molar-refractivity contribution in [1.82, 2.24) is 0 Å². The molecule has 0 spiro atoms. The molecule has 0 saturated carbocycles. The maximum absolute atomic E-state index is 9.98. The second-order valence-electron chi connectivity index (χ2n) is 2.36. The number of nitrogens with zero attached hydrogens (tertiary/aromatic N) is 2. The summed E-state index contributed by atoms with van der Waals surface area (Å²) in [5.41, 5.74) is 1.45. The summed E-state index contributed by atoms with van der Waals surface area (Å²) >= 11 is 5.84. The minimum Gasteiger partial charge on any atom is -0.238 e. The van der Waals surface area contributed by atoms with E-state index in [1.54, 1.807) is 13.0 Å². The third kappa shape index (κ3) is 1.75. The van der Waals surface area contributed by atoms with E-state index in [2.05, 4.69) is 9.84 Å². The first-order valence-corrected chi connectivity index (χ1v) is 3.83. The van der Waals surface area contributed by atoms with E-state index in [0.29, 0.717) is 22.0 Å². The number of halogens is 1. The molecule has 0 saturated heterocycles. The average Bonchev–Trinajstić information content (AvgIpc) is 2.14. The molecular formula is C9H5ClN2O. The lowest BCUT2D eigenvalue weighted by molar-refractivity contribution is 0.565. The molecule has 4 heteroatoms. The molecule has 0 aliphatic rings. The topological polar surface area (TPSA) is 33.8 Å². The molecular weight excluding hydrogens is 188 g/mol. The summed E-state index contributed by atoms with van der Waals surface area (Å²) in [4.78, 5) is 16.6. The van der Waals surface area contributed by atoms with Crippen LogP contribution in [-0.4, -0.2) is 6.08 Å². The van der Waals surface area contributed by atoms with Crippen LogP contribution in [0.3, 0.4) is 0 Å². The van der Waals surface area contributed by atoms with Crippen LogP contribution in [0, 0.1) is 13.5 Å². The predicted octanol–water partition coefficient (Wildman–Crippen LogP) is 3.17. The Bertz CT molecular complexity index is 428. The van der Waals surface area contributed by atoms with Crippen molar-refractivity contribution in [2.45, 2.75) is 6.92 Å². The quantitative estimate of drug-likeness (QED) is 0.382. The van der Waals surface area contributed by atoms with Gasteiger partial charge in [-0.25, -0.2) is 9.64 Å². The first-order valence-electron chi connectivity index (χ1n) is 3.45. The van der Waals surface area contributed by atoms with Crippen molar-refractivity contribution in [3.8, 4) is 0 Å². The molecule has 64 valence electrons. The molecule has 0 aliphatic heterocycles. The van der Waals surface area contributed by atoms with Gasteiger partial charge in [0.25, 0.3) is 0 Å². The summed E-state index contributed by atoms with van der Waals surface area (Å²) < 4.78 is 0. The van der Waals surface area contributed by atoms with Crippen LogP contribution >= 0.6 is 11.6 Å². The lowest BCUT2D eigenvalue weighted by Crippen LogP contribution is -1.76. The highest BCUT2D eigenvalue weighted by molar-refractivity contribution is 6.34. The first-order chi connectivity index (χ1) is 6.20. The van der Waals surface area contributed by atoms with Crippen molar-refractivity contribution in [3.05, 3.63) is 34.1 Å². The predicted molar refractivity (Wildman–Crippen MR) is 50.2 cm³/mol. The summed E-state index contributed by atoms with van der Waals surface area (Å²) in [5.74, 6) is 0. The molecule has 0 aromatic heterocycles. The van der Waals surface area contributed by atoms with Gasteiger partial charge in [0.15, 0.2) is 5.69 Å². The van der Waals surface area contributed by atoms with E-state index in [9.17, 15) is 4.79 Å². The molecule has 0 amide bonds. The van der Waals surface area contributed by atoms with Crippen LogP contribution < -0.4 is 0 Å². The highest BCUT2D eigenvalue weighted by atomic mass is 35.5. The molecule has 1 rings (SSSR count). The highest BCUT2D eigenvalue weighted by Gasteiger charge is 2.06. The summed E-state index contributed by atoms with van der Waals surface area (Å²) in [6.07, 6.45) is 1.40. The molecule has 0 unspecified atom stereocenters. The fourth-order valence-electron chi connectivity index (χ4n) is 0.917. The van der Waals surface area contributed by atoms with E-state index >= 15 is 0 Å². The Labute approximate surface area is 80.5 Å². The van der Waals surface area contributed by atoms with Gasteiger partial charge in [0, 0.05) is 0 Å². The monoisotopic (exact) mass is 192 g/mol. The van der Waals surface area contributed by atoms with Crippen molar-refractivity contribution < 1.29 is 4.79 Å². The van der Waals surface area contributed by atoms with E-state index < -0.39 is 0 Å². The number of aliphatic imine (C=N–C) groups is 1. The van der Waals surface area contributed by atoms with Crippen LogP contribution in [0.2, 0.25) is 5.02 Å². The van der Waals surface area contributed by atoms with Gasteiger partial charge >= 0.3 is 0 Å². The fourth-order valence-corrected chi connectivity index (χ4v) is 1.12. The standard InChI is InChI=1S/C9H5ClN2O/c1-6-7(11-2)3-4-8(9(6)10)12-5-13/h3-4H,1H3. The van der Waals surface area contributed by atoms with Gasteiger partial charge in [-0.3, -0.25) is 0 Å². The Morgan fingerprint density at radius 1 is 1.62 bits per heavy atom. The van der Waals surface area contributed by atoms with Crippen molar-refractivity contribution in [1.29, 1.82) is 0 Å². The fraction of sp³-hybridized carbons (Fsp3) is 0.111. The van der Waals surface area contributed by atoms with E-state index in [1.807, 2.05) is 0 Å². The Kier molecular flexibility index (Phi) is 2.81. The molecule has 0 N–H and O–H groups in total. The smallest absolute Gasteiger partial charge is 0.238 e. The van der Waals surface area contributed by atoms with Gasteiger partial charge in [-0.15, -0.1) is 0 Å². The third-order valence-electron chi connectivity index (χ3n) is 1.62. The second-order valence-corrected chi connectivity index (χ2v) is 2.74. The highest BCUT2D eigenvalue weighted by Crippen LogP contribution is 2.33. The SMILES string of the molecule is [C-]#[N+]c1ccc(N=C=O)c(Cl)c1C. The minimum absolute atomic E-state index is 0.330. The zero-order valence-electron chi connectivity index (χ0n) is 6.84. The van der Waals surface area contributed by atoms with Crippen LogP contribution in [0.1, 0.15) is 5.56 Å². The summed E-state index contributed by atoms with van der Waals surface area (Å²) in [6.45, 7) is 8.52. The normalized spacial score (nSPS) is 8.69. The Balaban J connectivity index is 3.41. The number of benzene rings is 1. The summed E-state index contributed by atoms with van der Waals surface area (Å²) in [7, 11) is 0. The first kappa shape index (κ1) is 9.47. The van der Waals surface area contributed by atoms with Crippen LogP contribution in [0.5, 0.6) is 0 Å². The largest absolute Gasteiger partial charge is 0.240 e. The number of hydrogen-bond donors (Lipinski definition) is 0. The van der Waals surface area contributed by atoms with Gasteiger partial charge in [-0.05, 0) is 18.6 Å². The van der Waals surface area contributed by atoms with Gasteiger partial charge in [-0.2, -0.15) is 4.99 Å². The molecule has 0 bridgehead atoms. The number of rotatable bonds is 1. The van der Waals surface area contributed by atoms with Crippen LogP contribution in [0.25, 0.3) is 4.85 Å². The average molecular weight is 193 g/mol. The van der Waals surface area contributed by atoms with Crippen LogP contribution in [-0.2, 0) is 4.79 Å². The summed E-state index contributed by atoms with van der Waals surface area (Å²) in [5, 5.41) is 0.330. The van der Waals surface area contributed by atoms with E-state index in [4.69, 9.17) is 18.2 Å². The molecule has 0 aliphatic carbocycles. The van der Waals surface area contributed by atoms with E-state index in [0.717, 1.165) is 0 Å². The minimum atomic E-state index is 0.330. The van der Waals surface area contributed by atoms with Gasteiger partial charge in [0.2, 0.25) is 6.08 Å². The van der Waals surface area contributed by atoms with Gasteiger partial charge in [-0.1, -0.05) is 17.7 Å². The zero-order chi connectivity index (χ0) is 9.84. The molecule has 13 heavy (non-hydrogen) atoms. The van der Waals surface area contributed by atoms with Crippen molar-refractivity contribution in [2.24, 2.45) is 4.99 Å². The lowest BCUT2D eigenvalue weighted by atomic mass is 10.2. The lowest BCUT2D eigenvalue weighted by Gasteiger charge is -2.01. The van der Waals surface area contributed by atoms with E-state index in [-0.39, 0.29) is 0 Å². The zero-order valence-corrected chi connectivity index (χ0v) is 7.59. The summed E-state index contributed by atoms with van der Waals surface area (Å²) in [6, 6.07) is 3.10. The van der Waals surface area contributed by atoms with Crippen molar-refractivity contribution in [2.75, 3.05) is 0 Å². The number of carbonyl (C=O) groups excluding carboxylic acids is 1. The van der Waals surface area contributed by atoms with Crippen molar-refractivity contribution in [3.63, 3.8) is 0 Å². The third-order valence-corrected chi connectivity index (χ3v) is 2.10. The van der Waals surface area contributed by atoms with Crippen molar-refractivity contribution >= 4 is 29.1 Å². The maximum Gasteiger partial charge on any atom is 0.240 e. The Morgan fingerprint density at radius 3 is 2.85 bits per heavy atom. The molecule has 1 aromatic rings. The maximum atomic E-state index is 9.98. The molecule has 1 aromatic carbocycles. The Hall–Kier alpha value is -1.62. The van der Waals surface area contributed by atoms with E-state index in [1.165, 1.54) is 12.1 Å². The number of hydrogen-bond acceptors (Lipinski definition) is 2. The number of isocyanates is 1. The molecule has 0 heterocycles. The molecule has 3 nitrogen and oxygen atoms in total. The second kappa shape index (κ2) is 3.86. The molecule has 0 atom stereocenters. The molecule has 0 radical (unpaired) electrons.